The van der Waals surface area contributed by atoms with Crippen molar-refractivity contribution in [2.45, 2.75) is 131 Å². The first-order chi connectivity index (χ1) is 18.1. The van der Waals surface area contributed by atoms with Gasteiger partial charge in [0.15, 0.2) is 0 Å². The Labute approximate surface area is 238 Å². The Morgan fingerprint density at radius 2 is 1.13 bits per heavy atom. The van der Waals surface area contributed by atoms with Crippen LogP contribution in [0.15, 0.2) is 0 Å². The highest BCUT2D eigenvalue weighted by Crippen LogP contribution is 2.55. The van der Waals surface area contributed by atoms with Gasteiger partial charge in [0.2, 0.25) is 0 Å². The average molecular weight is 531 g/mol. The highest BCUT2D eigenvalue weighted by atomic mass is 15.3. The van der Waals surface area contributed by atoms with Gasteiger partial charge in [-0.3, -0.25) is 14.7 Å². The van der Waals surface area contributed by atoms with Gasteiger partial charge >= 0.3 is 0 Å². The van der Waals surface area contributed by atoms with E-state index < -0.39 is 0 Å². The Morgan fingerprint density at radius 1 is 0.632 bits per heavy atom. The van der Waals surface area contributed by atoms with E-state index in [4.69, 9.17) is 0 Å². The number of hydrogen-bond acceptors (Lipinski definition) is 4. The van der Waals surface area contributed by atoms with Crippen LogP contribution in [0.1, 0.15) is 113 Å². The molecule has 0 atom stereocenters. The molecule has 1 spiro atoms. The smallest absolute Gasteiger partial charge is 0.0113 e. The molecule has 0 aromatic rings. The molecule has 38 heavy (non-hydrogen) atoms. The van der Waals surface area contributed by atoms with Crippen molar-refractivity contribution in [1.82, 2.24) is 19.6 Å². The number of rotatable bonds is 6. The molecule has 4 nitrogen and oxygen atoms in total. The normalized spacial score (nSPS) is 36.5. The Balaban J connectivity index is 0.000000181. The van der Waals surface area contributed by atoms with Crippen LogP contribution in [0.25, 0.3) is 0 Å². The van der Waals surface area contributed by atoms with E-state index in [1.807, 2.05) is 0 Å². The molecule has 0 radical (unpaired) electrons. The first kappa shape index (κ1) is 30.8. The van der Waals surface area contributed by atoms with Gasteiger partial charge < -0.3 is 4.90 Å². The fourth-order valence-corrected chi connectivity index (χ4v) is 8.48. The third kappa shape index (κ3) is 8.43. The summed E-state index contributed by atoms with van der Waals surface area (Å²) in [5, 5.41) is 0. The first-order valence-electron chi connectivity index (χ1n) is 17.1. The summed E-state index contributed by atoms with van der Waals surface area (Å²) in [6, 6.07) is 2.38. The van der Waals surface area contributed by atoms with Crippen LogP contribution in [0.3, 0.4) is 0 Å². The van der Waals surface area contributed by atoms with E-state index in [1.165, 1.54) is 123 Å². The van der Waals surface area contributed by atoms with Crippen LogP contribution >= 0.6 is 0 Å². The second kappa shape index (κ2) is 14.1. The number of nitrogens with zero attached hydrogens (tertiary/aromatic N) is 4. The summed E-state index contributed by atoms with van der Waals surface area (Å²) in [5.74, 6) is 3.91. The van der Waals surface area contributed by atoms with Gasteiger partial charge in [-0.15, -0.1) is 0 Å². The van der Waals surface area contributed by atoms with Crippen LogP contribution in [0, 0.1) is 29.1 Å². The Hall–Kier alpha value is -0.160. The van der Waals surface area contributed by atoms with Crippen molar-refractivity contribution in [3.8, 4) is 0 Å². The van der Waals surface area contributed by atoms with Crippen molar-refractivity contribution in [2.24, 2.45) is 29.1 Å². The van der Waals surface area contributed by atoms with Crippen LogP contribution in [0.4, 0.5) is 0 Å². The summed E-state index contributed by atoms with van der Waals surface area (Å²) < 4.78 is 0. The molecule has 2 saturated heterocycles. The van der Waals surface area contributed by atoms with E-state index in [-0.39, 0.29) is 0 Å². The van der Waals surface area contributed by atoms with Crippen LogP contribution in [0.5, 0.6) is 0 Å². The molecule has 4 heteroatoms. The molecule has 5 aliphatic rings. The second-order valence-corrected chi connectivity index (χ2v) is 15.4. The predicted molar refractivity (Wildman–Crippen MR) is 165 cm³/mol. The largest absolute Gasteiger partial charge is 0.301 e. The first-order valence-corrected chi connectivity index (χ1v) is 17.1. The van der Waals surface area contributed by atoms with Gasteiger partial charge in [0.1, 0.15) is 0 Å². The molecule has 0 aromatic carbocycles. The lowest BCUT2D eigenvalue weighted by molar-refractivity contribution is -0.0545. The quantitative estimate of drug-likeness (QED) is 0.372. The van der Waals surface area contributed by atoms with Gasteiger partial charge in [-0.25, -0.2) is 0 Å². The summed E-state index contributed by atoms with van der Waals surface area (Å²) in [4.78, 5) is 10.8. The van der Waals surface area contributed by atoms with Crippen LogP contribution in [-0.2, 0) is 0 Å². The molecule has 0 amide bonds. The van der Waals surface area contributed by atoms with E-state index in [9.17, 15) is 0 Å². The Bertz CT molecular complexity index is 650. The zero-order chi connectivity index (χ0) is 27.3. The van der Waals surface area contributed by atoms with E-state index in [2.05, 4.69) is 68.1 Å². The highest BCUT2D eigenvalue weighted by Gasteiger charge is 2.48. The Morgan fingerprint density at radius 3 is 1.61 bits per heavy atom. The van der Waals surface area contributed by atoms with Crippen molar-refractivity contribution < 1.29 is 0 Å². The minimum absolute atomic E-state index is 0.728. The third-order valence-corrected chi connectivity index (χ3v) is 11.8. The van der Waals surface area contributed by atoms with Gasteiger partial charge in [-0.2, -0.15) is 0 Å². The molecule has 0 unspecified atom stereocenters. The van der Waals surface area contributed by atoms with Crippen molar-refractivity contribution in [1.29, 1.82) is 0 Å². The van der Waals surface area contributed by atoms with E-state index in [1.54, 1.807) is 0 Å². The van der Waals surface area contributed by atoms with E-state index in [0.29, 0.717) is 0 Å². The number of piperazine rings is 2. The van der Waals surface area contributed by atoms with Crippen LogP contribution in [-0.4, -0.2) is 96.6 Å². The summed E-state index contributed by atoms with van der Waals surface area (Å²) in [6.07, 6.45) is 15.0. The molecular weight excluding hydrogens is 464 g/mol. The van der Waals surface area contributed by atoms with Gasteiger partial charge in [0.05, 0.1) is 0 Å². The predicted octanol–water partition coefficient (Wildman–Crippen LogP) is 6.85. The maximum Gasteiger partial charge on any atom is 0.0113 e. The summed E-state index contributed by atoms with van der Waals surface area (Å²) >= 11 is 0. The fraction of sp³-hybridized carbons (Fsp3) is 1.00. The summed E-state index contributed by atoms with van der Waals surface area (Å²) in [5.41, 5.74) is 0.769. The van der Waals surface area contributed by atoms with Gasteiger partial charge in [-0.1, -0.05) is 33.6 Å². The maximum absolute atomic E-state index is 2.80. The highest BCUT2D eigenvalue weighted by molar-refractivity contribution is 5.01. The van der Waals surface area contributed by atoms with Crippen molar-refractivity contribution in [3.63, 3.8) is 0 Å². The van der Waals surface area contributed by atoms with E-state index >= 15 is 0 Å². The number of hydrogen-bond donors (Lipinski definition) is 0. The molecule has 2 heterocycles. The van der Waals surface area contributed by atoms with Crippen molar-refractivity contribution >= 4 is 0 Å². The summed E-state index contributed by atoms with van der Waals surface area (Å²) in [7, 11) is 0. The van der Waals surface area contributed by atoms with Gasteiger partial charge in [-0.05, 0) is 108 Å². The zero-order valence-corrected chi connectivity index (χ0v) is 26.8. The standard InChI is InChI=1S/C19H36N2.C15H30N2/c1-15(2)17-5-7-19(8-6-17)13-18(14-19)21-11-9-20(10-12-21)16(3)4;1-13(2)17-10-8-16(9-11-17)12-15-6-4-14(3)5-7-15/h15-18H,5-14H2,1-4H3;13-15H,4-12H2,1-3H3. The SMILES string of the molecule is CC(C)C1CCC2(CC1)CC(N1CCN(C(C)C)CC1)C2.CC1CCC(CN2CCN(C(C)C)CC2)CC1. The van der Waals surface area contributed by atoms with Crippen molar-refractivity contribution in [3.05, 3.63) is 0 Å². The topological polar surface area (TPSA) is 13.0 Å². The monoisotopic (exact) mass is 531 g/mol. The minimum Gasteiger partial charge on any atom is -0.301 e. The van der Waals surface area contributed by atoms with Gasteiger partial charge in [0.25, 0.3) is 0 Å². The molecule has 222 valence electrons. The van der Waals surface area contributed by atoms with Crippen molar-refractivity contribution in [2.75, 3.05) is 58.9 Å². The van der Waals surface area contributed by atoms with Gasteiger partial charge in [0, 0.05) is 77.0 Å². The fourth-order valence-electron chi connectivity index (χ4n) is 8.48. The summed E-state index contributed by atoms with van der Waals surface area (Å²) in [6.45, 7) is 28.3. The zero-order valence-electron chi connectivity index (χ0n) is 26.8. The lowest BCUT2D eigenvalue weighted by Gasteiger charge is -2.56. The third-order valence-electron chi connectivity index (χ3n) is 11.8. The second-order valence-electron chi connectivity index (χ2n) is 15.4. The molecule has 5 rings (SSSR count). The lowest BCUT2D eigenvalue weighted by Crippen LogP contribution is -2.58. The van der Waals surface area contributed by atoms with E-state index in [0.717, 1.165) is 47.2 Å². The molecular formula is C34H66N4. The minimum atomic E-state index is 0.728. The molecule has 0 aromatic heterocycles. The lowest BCUT2D eigenvalue weighted by atomic mass is 9.55. The Kier molecular flexibility index (Phi) is 11.5. The molecule has 5 fully saturated rings. The van der Waals surface area contributed by atoms with Crippen LogP contribution < -0.4 is 0 Å². The average Bonchev–Trinajstić information content (AvgIpc) is 2.89. The van der Waals surface area contributed by atoms with Crippen LogP contribution in [0.2, 0.25) is 0 Å². The maximum atomic E-state index is 2.80. The molecule has 0 N–H and O–H groups in total. The molecule has 3 aliphatic carbocycles. The molecule has 0 bridgehead atoms. The molecule has 3 saturated carbocycles. The molecule has 2 aliphatic heterocycles.